The molecule has 0 unspecified atom stereocenters. The quantitative estimate of drug-likeness (QED) is 0.532. The van der Waals surface area contributed by atoms with Crippen molar-refractivity contribution in [2.45, 2.75) is 43.9 Å². The van der Waals surface area contributed by atoms with Gasteiger partial charge in [-0.05, 0) is 31.0 Å². The largest absolute Gasteiger partial charge is 0.490 e. The van der Waals surface area contributed by atoms with Gasteiger partial charge in [0.25, 0.3) is 0 Å². The van der Waals surface area contributed by atoms with E-state index in [0.29, 0.717) is 13.1 Å². The van der Waals surface area contributed by atoms with E-state index < -0.39 is 24.3 Å². The van der Waals surface area contributed by atoms with Crippen LogP contribution in [0.4, 0.5) is 26.3 Å². The topological polar surface area (TPSA) is 133 Å². The van der Waals surface area contributed by atoms with E-state index >= 15 is 0 Å². The SMILES string of the molecule is O=C(O)C(F)(F)F.O=C(O)C(F)(F)F.O=C1COC2(CCN(Cc3ccoc3)CC2)CN1Cc1ccccn1. The number of carbonyl (C=O) groups is 3. The van der Waals surface area contributed by atoms with Gasteiger partial charge in [-0.2, -0.15) is 26.3 Å². The number of hydrogen-bond acceptors (Lipinski definition) is 7. The first-order chi connectivity index (χ1) is 18.1. The molecule has 0 saturated carbocycles. The second-order valence-corrected chi connectivity index (χ2v) is 8.56. The maximum Gasteiger partial charge on any atom is 0.490 e. The summed E-state index contributed by atoms with van der Waals surface area (Å²) in [5, 5.41) is 14.2. The molecule has 2 aliphatic rings. The van der Waals surface area contributed by atoms with Crippen LogP contribution >= 0.6 is 0 Å². The fourth-order valence-corrected chi connectivity index (χ4v) is 3.68. The molecule has 2 aromatic rings. The summed E-state index contributed by atoms with van der Waals surface area (Å²) in [4.78, 5) is 38.7. The van der Waals surface area contributed by atoms with Gasteiger partial charge in [0.2, 0.25) is 5.91 Å². The zero-order valence-electron chi connectivity index (χ0n) is 20.2. The van der Waals surface area contributed by atoms with Crippen LogP contribution in [0.25, 0.3) is 0 Å². The van der Waals surface area contributed by atoms with Gasteiger partial charge in [0, 0.05) is 31.4 Å². The van der Waals surface area contributed by atoms with Crippen LogP contribution in [0, 0.1) is 0 Å². The van der Waals surface area contributed by atoms with E-state index in [2.05, 4.69) is 9.88 Å². The fraction of sp³-hybridized carbons (Fsp3) is 0.478. The molecule has 2 saturated heterocycles. The molecule has 2 N–H and O–H groups in total. The summed E-state index contributed by atoms with van der Waals surface area (Å²) in [6.07, 6.45) is -3.00. The molecule has 0 bridgehead atoms. The monoisotopic (exact) mass is 569 g/mol. The highest BCUT2D eigenvalue weighted by atomic mass is 19.4. The Morgan fingerprint density at radius 3 is 2.03 bits per heavy atom. The molecule has 1 amide bonds. The number of piperidine rings is 1. The van der Waals surface area contributed by atoms with Crippen molar-refractivity contribution in [3.63, 3.8) is 0 Å². The van der Waals surface area contributed by atoms with Gasteiger partial charge in [0.1, 0.15) is 6.61 Å². The maximum absolute atomic E-state index is 12.3. The molecule has 1 spiro atoms. The van der Waals surface area contributed by atoms with E-state index in [0.717, 1.165) is 38.2 Å². The van der Waals surface area contributed by atoms with Gasteiger partial charge in [-0.15, -0.1) is 0 Å². The van der Waals surface area contributed by atoms with Crippen LogP contribution in [0.1, 0.15) is 24.1 Å². The summed E-state index contributed by atoms with van der Waals surface area (Å²) < 4.78 is 74.6. The summed E-state index contributed by atoms with van der Waals surface area (Å²) in [7, 11) is 0. The zero-order valence-corrected chi connectivity index (χ0v) is 20.2. The van der Waals surface area contributed by atoms with E-state index in [1.54, 1.807) is 18.7 Å². The molecule has 0 radical (unpaired) electrons. The Morgan fingerprint density at radius 2 is 1.56 bits per heavy atom. The van der Waals surface area contributed by atoms with Gasteiger partial charge in [-0.3, -0.25) is 14.7 Å². The number of carbonyl (C=O) groups excluding carboxylic acids is 1. The first-order valence-corrected chi connectivity index (χ1v) is 11.3. The number of likely N-dealkylation sites (tertiary alicyclic amines) is 1. The van der Waals surface area contributed by atoms with E-state index in [-0.39, 0.29) is 18.1 Å². The van der Waals surface area contributed by atoms with E-state index in [9.17, 15) is 31.1 Å². The van der Waals surface area contributed by atoms with Gasteiger partial charge in [-0.25, -0.2) is 9.59 Å². The van der Waals surface area contributed by atoms with Crippen LogP contribution in [0.5, 0.6) is 0 Å². The third-order valence-corrected chi connectivity index (χ3v) is 5.65. The number of ether oxygens (including phenoxy) is 1. The Hall–Kier alpha value is -3.66. The highest BCUT2D eigenvalue weighted by molar-refractivity contribution is 5.78. The standard InChI is InChI=1S/C19H23N3O3.2C2HF3O2/c23-18-14-25-19(15-22(18)12-17-3-1-2-7-20-17)5-8-21(9-6-19)11-16-4-10-24-13-16;2*3-2(4,5)1(6)7/h1-4,7,10,13H,5-6,8-9,11-12,14-15H2;2*(H,6,7). The third-order valence-electron chi connectivity index (χ3n) is 5.65. The molecule has 0 atom stereocenters. The minimum atomic E-state index is -5.08. The van der Waals surface area contributed by atoms with Gasteiger partial charge in [0.15, 0.2) is 0 Å². The fourth-order valence-electron chi connectivity index (χ4n) is 3.68. The maximum atomic E-state index is 12.3. The predicted octanol–water partition coefficient (Wildman–Crippen LogP) is 3.33. The van der Waals surface area contributed by atoms with Crippen molar-refractivity contribution in [2.75, 3.05) is 26.2 Å². The number of aromatic nitrogens is 1. The minimum absolute atomic E-state index is 0.0529. The second-order valence-electron chi connectivity index (χ2n) is 8.56. The molecule has 0 aliphatic carbocycles. The lowest BCUT2D eigenvalue weighted by molar-refractivity contribution is -0.193. The van der Waals surface area contributed by atoms with Crippen LogP contribution in [-0.2, 0) is 32.2 Å². The molecular weight excluding hydrogens is 544 g/mol. The number of amides is 1. The lowest BCUT2D eigenvalue weighted by atomic mass is 9.89. The molecule has 16 heteroatoms. The van der Waals surface area contributed by atoms with Crippen molar-refractivity contribution in [2.24, 2.45) is 0 Å². The van der Waals surface area contributed by atoms with Crippen molar-refractivity contribution in [3.05, 3.63) is 54.2 Å². The molecule has 39 heavy (non-hydrogen) atoms. The van der Waals surface area contributed by atoms with E-state index in [1.165, 1.54) is 5.56 Å². The number of aliphatic carboxylic acids is 2. The third kappa shape index (κ3) is 10.6. The Labute approximate surface area is 217 Å². The molecule has 10 nitrogen and oxygen atoms in total. The number of furan rings is 1. The molecular formula is C23H25F6N3O7. The number of pyridine rings is 1. The summed E-state index contributed by atoms with van der Waals surface area (Å²) in [6.45, 7) is 4.23. The lowest BCUT2D eigenvalue weighted by Gasteiger charge is -2.47. The van der Waals surface area contributed by atoms with Gasteiger partial charge < -0.3 is 24.3 Å². The first-order valence-electron chi connectivity index (χ1n) is 11.3. The number of alkyl halides is 6. The molecule has 2 fully saturated rings. The Bertz CT molecular complexity index is 1050. The molecule has 4 rings (SSSR count). The first kappa shape index (κ1) is 31.6. The average Bonchev–Trinajstić information content (AvgIpc) is 3.37. The average molecular weight is 569 g/mol. The van der Waals surface area contributed by atoms with Crippen LogP contribution in [-0.4, -0.2) is 87.0 Å². The van der Waals surface area contributed by atoms with Crippen molar-refractivity contribution >= 4 is 17.8 Å². The Morgan fingerprint density at radius 1 is 0.974 bits per heavy atom. The molecule has 2 aromatic heterocycles. The number of hydrogen-bond donors (Lipinski definition) is 2. The number of halogens is 6. The van der Waals surface area contributed by atoms with Gasteiger partial charge in [-0.1, -0.05) is 6.07 Å². The Balaban J connectivity index is 0.000000317. The lowest BCUT2D eigenvalue weighted by Crippen LogP contribution is -2.58. The van der Waals surface area contributed by atoms with Crippen molar-refractivity contribution in [1.29, 1.82) is 0 Å². The van der Waals surface area contributed by atoms with Gasteiger partial charge in [0.05, 0.1) is 36.9 Å². The number of carboxylic acid groups (broad SMARTS) is 2. The van der Waals surface area contributed by atoms with Crippen LogP contribution in [0.15, 0.2) is 47.4 Å². The number of rotatable bonds is 4. The summed E-state index contributed by atoms with van der Waals surface area (Å²) in [6, 6.07) is 7.82. The molecule has 0 aromatic carbocycles. The molecule has 4 heterocycles. The smallest absolute Gasteiger partial charge is 0.475 e. The number of carboxylic acids is 2. The normalized spacial score (nSPS) is 17.5. The summed E-state index contributed by atoms with van der Waals surface area (Å²) in [5.74, 6) is -5.46. The van der Waals surface area contributed by atoms with Crippen molar-refractivity contribution < 1.29 is 60.1 Å². The van der Waals surface area contributed by atoms with Crippen molar-refractivity contribution in [3.8, 4) is 0 Å². The minimum Gasteiger partial charge on any atom is -0.475 e. The van der Waals surface area contributed by atoms with Gasteiger partial charge >= 0.3 is 24.3 Å². The zero-order chi connectivity index (χ0) is 29.3. The van der Waals surface area contributed by atoms with Crippen LogP contribution < -0.4 is 0 Å². The molecule has 2 aliphatic heterocycles. The van der Waals surface area contributed by atoms with Crippen molar-refractivity contribution in [1.82, 2.24) is 14.8 Å². The number of morpholine rings is 1. The van der Waals surface area contributed by atoms with Crippen LogP contribution in [0.2, 0.25) is 0 Å². The van der Waals surface area contributed by atoms with E-state index in [4.69, 9.17) is 29.0 Å². The van der Waals surface area contributed by atoms with E-state index in [1.807, 2.05) is 29.2 Å². The predicted molar refractivity (Wildman–Crippen MR) is 119 cm³/mol. The van der Waals surface area contributed by atoms with Crippen LogP contribution in [0.3, 0.4) is 0 Å². The summed E-state index contributed by atoms with van der Waals surface area (Å²) >= 11 is 0. The molecule has 216 valence electrons. The number of nitrogens with zero attached hydrogens (tertiary/aromatic N) is 3. The Kier molecular flexibility index (Phi) is 10.9. The highest BCUT2D eigenvalue weighted by Crippen LogP contribution is 2.31. The second kappa shape index (κ2) is 13.4. The summed E-state index contributed by atoms with van der Waals surface area (Å²) in [5.41, 5.74) is 1.91. The highest BCUT2D eigenvalue weighted by Gasteiger charge is 2.42.